The fraction of sp³-hybridized carbons (Fsp3) is 0. The van der Waals surface area contributed by atoms with Gasteiger partial charge in [-0.1, -0.05) is 24.3 Å². The van der Waals surface area contributed by atoms with E-state index in [-0.39, 0.29) is 5.75 Å². The third-order valence-corrected chi connectivity index (χ3v) is 3.60. The van der Waals surface area contributed by atoms with Gasteiger partial charge in [0.05, 0.1) is 16.6 Å². The van der Waals surface area contributed by atoms with Crippen molar-refractivity contribution in [2.24, 2.45) is 0 Å². The molecule has 5 heteroatoms. The number of rotatable bonds is 3. The van der Waals surface area contributed by atoms with Gasteiger partial charge in [0.15, 0.2) is 0 Å². The van der Waals surface area contributed by atoms with Crippen LogP contribution in [0.5, 0.6) is 11.5 Å². The van der Waals surface area contributed by atoms with Crippen LogP contribution in [-0.2, 0) is 0 Å². The van der Waals surface area contributed by atoms with E-state index in [0.29, 0.717) is 17.1 Å². The number of hydrogen-bond acceptors (Lipinski definition) is 2. The van der Waals surface area contributed by atoms with Crippen LogP contribution >= 0.6 is 0 Å². The van der Waals surface area contributed by atoms with Gasteiger partial charge in [0, 0.05) is 18.2 Å². The Morgan fingerprint density at radius 2 is 1.54 bits per heavy atom. The lowest BCUT2D eigenvalue weighted by atomic mass is 10.2. The van der Waals surface area contributed by atoms with Gasteiger partial charge in [-0.3, -0.25) is 0 Å². The van der Waals surface area contributed by atoms with Gasteiger partial charge < -0.3 is 9.72 Å². The molecule has 0 saturated heterocycles. The molecule has 0 aliphatic carbocycles. The molecule has 3 nitrogen and oxygen atoms in total. The number of nitrogens with zero attached hydrogens (tertiary/aromatic N) is 1. The van der Waals surface area contributed by atoms with Crippen molar-refractivity contribution in [1.82, 2.24) is 9.97 Å². The number of hydrogen-bond donors (Lipinski definition) is 1. The van der Waals surface area contributed by atoms with Gasteiger partial charge in [-0.25, -0.2) is 13.8 Å². The highest BCUT2D eigenvalue weighted by Gasteiger charge is 2.12. The van der Waals surface area contributed by atoms with Crippen molar-refractivity contribution in [1.29, 1.82) is 0 Å². The highest BCUT2D eigenvalue weighted by molar-refractivity contribution is 5.80. The van der Waals surface area contributed by atoms with Gasteiger partial charge in [0.2, 0.25) is 0 Å². The number of aromatic nitrogens is 2. The molecule has 3 aromatic carbocycles. The second-order valence-electron chi connectivity index (χ2n) is 5.31. The maximum atomic E-state index is 13.4. The fourth-order valence-corrected chi connectivity index (χ4v) is 2.55. The average molecular weight is 322 g/mol. The van der Waals surface area contributed by atoms with Crippen molar-refractivity contribution in [2.45, 2.75) is 0 Å². The summed E-state index contributed by atoms with van der Waals surface area (Å²) in [6.07, 6.45) is 0. The van der Waals surface area contributed by atoms with Crippen molar-refractivity contribution in [3.63, 3.8) is 0 Å². The van der Waals surface area contributed by atoms with E-state index in [0.717, 1.165) is 29.2 Å². The van der Waals surface area contributed by atoms with Gasteiger partial charge >= 0.3 is 0 Å². The highest BCUT2D eigenvalue weighted by atomic mass is 19.1. The Hall–Kier alpha value is -3.21. The summed E-state index contributed by atoms with van der Waals surface area (Å²) in [7, 11) is 0. The van der Waals surface area contributed by atoms with Crippen molar-refractivity contribution >= 4 is 11.0 Å². The third kappa shape index (κ3) is 2.72. The van der Waals surface area contributed by atoms with Crippen LogP contribution in [0.25, 0.3) is 22.4 Å². The number of H-pyrrole nitrogens is 1. The van der Waals surface area contributed by atoms with Crippen LogP contribution in [0.3, 0.4) is 0 Å². The van der Waals surface area contributed by atoms with E-state index in [1.54, 1.807) is 12.1 Å². The molecule has 1 heterocycles. The molecule has 0 spiro atoms. The monoisotopic (exact) mass is 322 g/mol. The van der Waals surface area contributed by atoms with E-state index in [1.165, 1.54) is 0 Å². The van der Waals surface area contributed by atoms with Crippen LogP contribution in [0, 0.1) is 11.6 Å². The minimum absolute atomic E-state index is 0.0936. The molecular formula is C19H12F2N2O. The molecule has 0 amide bonds. The maximum Gasteiger partial charge on any atom is 0.142 e. The van der Waals surface area contributed by atoms with Gasteiger partial charge in [-0.15, -0.1) is 0 Å². The number of halogens is 2. The first-order valence-electron chi connectivity index (χ1n) is 7.37. The zero-order chi connectivity index (χ0) is 16.5. The molecule has 24 heavy (non-hydrogen) atoms. The Labute approximate surface area is 136 Å². The summed E-state index contributed by atoms with van der Waals surface area (Å²) in [5.41, 5.74) is 2.44. The molecule has 0 atom stereocenters. The molecule has 0 aliphatic rings. The van der Waals surface area contributed by atoms with Crippen LogP contribution in [0.2, 0.25) is 0 Å². The summed E-state index contributed by atoms with van der Waals surface area (Å²) in [6.45, 7) is 0. The Morgan fingerprint density at radius 3 is 2.33 bits per heavy atom. The van der Waals surface area contributed by atoms with Crippen molar-refractivity contribution < 1.29 is 13.5 Å². The largest absolute Gasteiger partial charge is 0.456 e. The average Bonchev–Trinajstić information content (AvgIpc) is 2.98. The van der Waals surface area contributed by atoms with Crippen LogP contribution in [0.1, 0.15) is 0 Å². The minimum atomic E-state index is -0.689. The molecule has 4 rings (SSSR count). The van der Waals surface area contributed by atoms with Gasteiger partial charge in [0.1, 0.15) is 29.0 Å². The number of fused-ring (bicyclic) bond motifs is 1. The van der Waals surface area contributed by atoms with E-state index < -0.39 is 11.6 Å². The van der Waals surface area contributed by atoms with Crippen molar-refractivity contribution in [3.8, 4) is 22.9 Å². The van der Waals surface area contributed by atoms with E-state index in [9.17, 15) is 8.78 Å². The van der Waals surface area contributed by atoms with Gasteiger partial charge in [0.25, 0.3) is 0 Å². The van der Waals surface area contributed by atoms with E-state index in [4.69, 9.17) is 4.74 Å². The van der Waals surface area contributed by atoms with Crippen LogP contribution in [0.4, 0.5) is 8.78 Å². The predicted molar refractivity (Wildman–Crippen MR) is 88.0 cm³/mol. The Bertz CT molecular complexity index is 973. The Balaban J connectivity index is 1.77. The maximum absolute atomic E-state index is 13.4. The molecule has 0 bridgehead atoms. The lowest BCUT2D eigenvalue weighted by molar-refractivity contribution is 0.469. The van der Waals surface area contributed by atoms with Crippen LogP contribution in [-0.4, -0.2) is 9.97 Å². The smallest absolute Gasteiger partial charge is 0.142 e. The predicted octanol–water partition coefficient (Wildman–Crippen LogP) is 5.30. The second-order valence-corrected chi connectivity index (χ2v) is 5.31. The number of para-hydroxylation sites is 3. The van der Waals surface area contributed by atoms with Crippen molar-refractivity contribution in [2.75, 3.05) is 0 Å². The summed E-state index contributed by atoms with van der Waals surface area (Å²) in [5.74, 6) is -0.196. The molecule has 4 aromatic rings. The number of aromatic amines is 1. The first-order valence-corrected chi connectivity index (χ1v) is 7.37. The molecule has 0 radical (unpaired) electrons. The fourth-order valence-electron chi connectivity index (χ4n) is 2.55. The number of benzene rings is 3. The first kappa shape index (κ1) is 14.4. The quantitative estimate of drug-likeness (QED) is 0.556. The van der Waals surface area contributed by atoms with Crippen LogP contribution in [0.15, 0.2) is 66.7 Å². The molecule has 1 aromatic heterocycles. The summed E-state index contributed by atoms with van der Waals surface area (Å²) >= 11 is 0. The third-order valence-electron chi connectivity index (χ3n) is 3.60. The Morgan fingerprint density at radius 1 is 0.833 bits per heavy atom. The zero-order valence-corrected chi connectivity index (χ0v) is 12.5. The summed E-state index contributed by atoms with van der Waals surface area (Å²) < 4.78 is 32.4. The van der Waals surface area contributed by atoms with Gasteiger partial charge in [-0.05, 0) is 24.3 Å². The summed E-state index contributed by atoms with van der Waals surface area (Å²) in [5, 5.41) is 0. The molecule has 118 valence electrons. The summed E-state index contributed by atoms with van der Waals surface area (Å²) in [6, 6.07) is 17.9. The Kier molecular flexibility index (Phi) is 3.46. The second kappa shape index (κ2) is 5.77. The lowest BCUT2D eigenvalue weighted by Crippen LogP contribution is -1.91. The highest BCUT2D eigenvalue weighted by Crippen LogP contribution is 2.33. The number of imidazole rings is 1. The van der Waals surface area contributed by atoms with Gasteiger partial charge in [-0.2, -0.15) is 0 Å². The van der Waals surface area contributed by atoms with E-state index in [2.05, 4.69) is 9.97 Å². The lowest BCUT2D eigenvalue weighted by Gasteiger charge is -2.09. The SMILES string of the molecule is Fc1cc(F)cc(Oc2ccccc2-c2nc3ccccc3[nH]2)c1. The number of ether oxygens (including phenoxy) is 1. The zero-order valence-electron chi connectivity index (χ0n) is 12.5. The standard InChI is InChI=1S/C19H12F2N2O/c20-12-9-13(21)11-14(10-12)24-18-8-4-1-5-15(18)19-22-16-6-2-3-7-17(16)23-19/h1-11H,(H,22,23). The molecular weight excluding hydrogens is 310 g/mol. The normalized spacial score (nSPS) is 10.9. The molecule has 0 unspecified atom stereocenters. The first-order chi connectivity index (χ1) is 11.7. The molecule has 0 saturated carbocycles. The topological polar surface area (TPSA) is 37.9 Å². The van der Waals surface area contributed by atoms with Crippen molar-refractivity contribution in [3.05, 3.63) is 78.4 Å². The van der Waals surface area contributed by atoms with E-state index in [1.807, 2.05) is 36.4 Å². The van der Waals surface area contributed by atoms with Crippen LogP contribution < -0.4 is 4.74 Å². The molecule has 0 fully saturated rings. The molecule has 0 aliphatic heterocycles. The number of nitrogens with one attached hydrogen (secondary N) is 1. The van der Waals surface area contributed by atoms with E-state index >= 15 is 0 Å². The summed E-state index contributed by atoms with van der Waals surface area (Å²) in [4.78, 5) is 7.76. The minimum Gasteiger partial charge on any atom is -0.456 e. The molecule has 1 N–H and O–H groups in total.